The van der Waals surface area contributed by atoms with Gasteiger partial charge >= 0.3 is 0 Å². The molecule has 0 saturated carbocycles. The largest absolute Gasteiger partial charge is 0.457 e. The molecule has 0 radical (unpaired) electrons. The Bertz CT molecular complexity index is 624. The Morgan fingerprint density at radius 3 is 2.09 bits per heavy atom. The summed E-state index contributed by atoms with van der Waals surface area (Å²) in [5.41, 5.74) is 6.79. The molecule has 1 amide bonds. The van der Waals surface area contributed by atoms with Gasteiger partial charge in [0.2, 0.25) is 5.91 Å². The molecule has 2 rings (SSSR count). The molecule has 0 bridgehead atoms. The normalized spacial score (nSPS) is 14.6. The first-order valence-corrected chi connectivity index (χ1v) is 7.86. The highest BCUT2D eigenvalue weighted by atomic mass is 16.5. The summed E-state index contributed by atoms with van der Waals surface area (Å²) in [5.74, 6) is 1.32. The molecule has 2 aromatic rings. The summed E-state index contributed by atoms with van der Waals surface area (Å²) in [5, 5.41) is 2.99. The lowest BCUT2D eigenvalue weighted by molar-refractivity contribution is -0.125. The molecule has 23 heavy (non-hydrogen) atoms. The lowest BCUT2D eigenvalue weighted by Crippen LogP contribution is -2.39. The molecule has 4 heteroatoms. The minimum Gasteiger partial charge on any atom is -0.457 e. The highest BCUT2D eigenvalue weighted by molar-refractivity contribution is 5.79. The average molecular weight is 312 g/mol. The van der Waals surface area contributed by atoms with Crippen molar-refractivity contribution in [1.82, 2.24) is 5.32 Å². The molecule has 0 heterocycles. The lowest BCUT2D eigenvalue weighted by atomic mass is 10.0. The van der Waals surface area contributed by atoms with Gasteiger partial charge < -0.3 is 15.8 Å². The van der Waals surface area contributed by atoms with E-state index in [1.54, 1.807) is 0 Å². The fourth-order valence-electron chi connectivity index (χ4n) is 2.12. The molecule has 0 fully saturated rings. The maximum absolute atomic E-state index is 12.1. The molecule has 3 unspecified atom stereocenters. The van der Waals surface area contributed by atoms with Crippen LogP contribution in [0.5, 0.6) is 11.5 Å². The van der Waals surface area contributed by atoms with Crippen molar-refractivity contribution in [2.45, 2.75) is 32.9 Å². The fraction of sp³-hybridized carbons (Fsp3) is 0.316. The monoisotopic (exact) mass is 312 g/mol. The Labute approximate surface area is 137 Å². The SMILES string of the molecule is CC(NC(=O)C(C)C(C)N)c1ccc(Oc2ccccc2)cc1. The molecule has 4 nitrogen and oxygen atoms in total. The number of carbonyl (C=O) groups is 1. The predicted octanol–water partition coefficient (Wildman–Crippen LogP) is 3.64. The van der Waals surface area contributed by atoms with Gasteiger partial charge in [-0.1, -0.05) is 37.3 Å². The first-order valence-electron chi connectivity index (χ1n) is 7.86. The summed E-state index contributed by atoms with van der Waals surface area (Å²) in [6, 6.07) is 17.1. The number of nitrogens with one attached hydrogen (secondary N) is 1. The topological polar surface area (TPSA) is 64.4 Å². The van der Waals surface area contributed by atoms with E-state index in [0.29, 0.717) is 0 Å². The van der Waals surface area contributed by atoms with E-state index in [1.165, 1.54) is 0 Å². The Balaban J connectivity index is 1.97. The Kier molecular flexibility index (Phi) is 5.77. The molecular formula is C19H24N2O2. The third kappa shape index (κ3) is 4.83. The van der Waals surface area contributed by atoms with Gasteiger partial charge in [-0.15, -0.1) is 0 Å². The van der Waals surface area contributed by atoms with E-state index < -0.39 is 0 Å². The summed E-state index contributed by atoms with van der Waals surface area (Å²) in [6.45, 7) is 5.63. The number of carbonyl (C=O) groups excluding carboxylic acids is 1. The Morgan fingerprint density at radius 1 is 0.957 bits per heavy atom. The highest BCUT2D eigenvalue weighted by Gasteiger charge is 2.19. The van der Waals surface area contributed by atoms with Crippen molar-refractivity contribution in [3.63, 3.8) is 0 Å². The zero-order chi connectivity index (χ0) is 16.8. The van der Waals surface area contributed by atoms with Gasteiger partial charge in [-0.25, -0.2) is 0 Å². The van der Waals surface area contributed by atoms with Crippen molar-refractivity contribution in [2.24, 2.45) is 11.7 Å². The molecule has 2 aromatic carbocycles. The molecule has 0 saturated heterocycles. The van der Waals surface area contributed by atoms with Crippen LogP contribution in [0.2, 0.25) is 0 Å². The zero-order valence-electron chi connectivity index (χ0n) is 13.8. The van der Waals surface area contributed by atoms with Crippen LogP contribution in [0, 0.1) is 5.92 Å². The molecule has 0 aliphatic rings. The highest BCUT2D eigenvalue weighted by Crippen LogP contribution is 2.23. The number of hydrogen-bond donors (Lipinski definition) is 2. The van der Waals surface area contributed by atoms with Gasteiger partial charge in [0.25, 0.3) is 0 Å². The first-order chi connectivity index (χ1) is 11.0. The molecule has 122 valence electrons. The van der Waals surface area contributed by atoms with Crippen LogP contribution >= 0.6 is 0 Å². The Morgan fingerprint density at radius 2 is 1.52 bits per heavy atom. The second-order valence-corrected chi connectivity index (χ2v) is 5.86. The number of ether oxygens (including phenoxy) is 1. The predicted molar refractivity (Wildman–Crippen MR) is 92.3 cm³/mol. The average Bonchev–Trinajstić information content (AvgIpc) is 2.55. The number of amides is 1. The van der Waals surface area contributed by atoms with E-state index >= 15 is 0 Å². The van der Waals surface area contributed by atoms with Gasteiger partial charge in [0.05, 0.1) is 6.04 Å². The van der Waals surface area contributed by atoms with Crippen LogP contribution in [-0.4, -0.2) is 11.9 Å². The van der Waals surface area contributed by atoms with Gasteiger partial charge in [0, 0.05) is 12.0 Å². The quantitative estimate of drug-likeness (QED) is 0.856. The Hall–Kier alpha value is -2.33. The molecule has 0 aliphatic carbocycles. The third-order valence-electron chi connectivity index (χ3n) is 3.92. The van der Waals surface area contributed by atoms with Crippen LogP contribution in [0.25, 0.3) is 0 Å². The summed E-state index contributed by atoms with van der Waals surface area (Å²) < 4.78 is 5.76. The second-order valence-electron chi connectivity index (χ2n) is 5.86. The maximum Gasteiger partial charge on any atom is 0.224 e. The van der Waals surface area contributed by atoms with Crippen LogP contribution in [0.3, 0.4) is 0 Å². The van der Waals surface area contributed by atoms with Gasteiger partial charge in [-0.2, -0.15) is 0 Å². The van der Waals surface area contributed by atoms with E-state index in [0.717, 1.165) is 17.1 Å². The van der Waals surface area contributed by atoms with Crippen LogP contribution < -0.4 is 15.8 Å². The molecule has 3 N–H and O–H groups in total. The fourth-order valence-corrected chi connectivity index (χ4v) is 2.12. The maximum atomic E-state index is 12.1. The summed E-state index contributed by atoms with van der Waals surface area (Å²) in [6.07, 6.45) is 0. The summed E-state index contributed by atoms with van der Waals surface area (Å²) in [7, 11) is 0. The zero-order valence-corrected chi connectivity index (χ0v) is 13.8. The van der Waals surface area contributed by atoms with E-state index in [4.69, 9.17) is 10.5 Å². The number of hydrogen-bond acceptors (Lipinski definition) is 3. The van der Waals surface area contributed by atoms with Gasteiger partial charge in [0.1, 0.15) is 11.5 Å². The molecule has 3 atom stereocenters. The minimum atomic E-state index is -0.210. The summed E-state index contributed by atoms with van der Waals surface area (Å²) >= 11 is 0. The third-order valence-corrected chi connectivity index (χ3v) is 3.92. The van der Waals surface area contributed by atoms with Crippen molar-refractivity contribution < 1.29 is 9.53 Å². The van der Waals surface area contributed by atoms with E-state index in [-0.39, 0.29) is 23.9 Å². The van der Waals surface area contributed by atoms with Crippen LogP contribution in [-0.2, 0) is 4.79 Å². The van der Waals surface area contributed by atoms with E-state index in [9.17, 15) is 4.79 Å². The van der Waals surface area contributed by atoms with Crippen molar-refractivity contribution in [2.75, 3.05) is 0 Å². The van der Waals surface area contributed by atoms with Crippen molar-refractivity contribution in [3.8, 4) is 11.5 Å². The van der Waals surface area contributed by atoms with Crippen LogP contribution in [0.4, 0.5) is 0 Å². The smallest absolute Gasteiger partial charge is 0.224 e. The molecular weight excluding hydrogens is 288 g/mol. The molecule has 0 aromatic heterocycles. The summed E-state index contributed by atoms with van der Waals surface area (Å²) in [4.78, 5) is 12.1. The standard InChI is InChI=1S/C19H24N2O2/c1-13(14(2)20)19(22)21-15(3)16-9-11-18(12-10-16)23-17-7-5-4-6-8-17/h4-15H,20H2,1-3H3,(H,21,22). The number of rotatable bonds is 6. The number of benzene rings is 2. The minimum absolute atomic E-state index is 0.0305. The number of nitrogens with two attached hydrogens (primary N) is 1. The van der Waals surface area contributed by atoms with Crippen LogP contribution in [0.15, 0.2) is 54.6 Å². The van der Waals surface area contributed by atoms with E-state index in [2.05, 4.69) is 5.32 Å². The van der Waals surface area contributed by atoms with Crippen molar-refractivity contribution in [1.29, 1.82) is 0 Å². The van der Waals surface area contributed by atoms with Crippen molar-refractivity contribution >= 4 is 5.91 Å². The number of para-hydroxylation sites is 1. The van der Waals surface area contributed by atoms with E-state index in [1.807, 2.05) is 75.4 Å². The molecule has 0 spiro atoms. The van der Waals surface area contributed by atoms with Gasteiger partial charge in [0.15, 0.2) is 0 Å². The van der Waals surface area contributed by atoms with Crippen molar-refractivity contribution in [3.05, 3.63) is 60.2 Å². The second kappa shape index (κ2) is 7.79. The molecule has 0 aliphatic heterocycles. The van der Waals surface area contributed by atoms with Gasteiger partial charge in [-0.05, 0) is 43.7 Å². The van der Waals surface area contributed by atoms with Gasteiger partial charge in [-0.3, -0.25) is 4.79 Å². The van der Waals surface area contributed by atoms with Crippen LogP contribution in [0.1, 0.15) is 32.4 Å². The lowest BCUT2D eigenvalue weighted by Gasteiger charge is -2.20. The first kappa shape index (κ1) is 17.0.